The Labute approximate surface area is 142 Å². The van der Waals surface area contributed by atoms with Crippen LogP contribution in [0.3, 0.4) is 0 Å². The molecule has 0 bridgehead atoms. The summed E-state index contributed by atoms with van der Waals surface area (Å²) in [5, 5.41) is 1.80. The molecule has 2 heterocycles. The predicted molar refractivity (Wildman–Crippen MR) is 85.8 cm³/mol. The van der Waals surface area contributed by atoms with Gasteiger partial charge in [0.15, 0.2) is 4.90 Å². The van der Waals surface area contributed by atoms with Gasteiger partial charge in [0.05, 0.1) is 12.8 Å². The van der Waals surface area contributed by atoms with E-state index in [1.54, 1.807) is 29.6 Å². The maximum Gasteiger partial charge on any atom is 0.249 e. The van der Waals surface area contributed by atoms with Gasteiger partial charge in [-0.15, -0.1) is 11.3 Å². The molecule has 0 aliphatic carbocycles. The highest BCUT2D eigenvalue weighted by molar-refractivity contribution is 7.89. The SMILES string of the molecule is O=S(=O)(c1c(F)cccc1F)N(Cc1ccco1)Cc1cccs1. The van der Waals surface area contributed by atoms with Crippen LogP contribution in [0.5, 0.6) is 0 Å². The van der Waals surface area contributed by atoms with Gasteiger partial charge in [0, 0.05) is 11.4 Å². The summed E-state index contributed by atoms with van der Waals surface area (Å²) in [6.07, 6.45) is 1.41. The van der Waals surface area contributed by atoms with Crippen LogP contribution in [0.4, 0.5) is 8.78 Å². The van der Waals surface area contributed by atoms with Crippen molar-refractivity contribution in [2.45, 2.75) is 18.0 Å². The number of sulfonamides is 1. The zero-order valence-electron chi connectivity index (χ0n) is 12.4. The molecule has 4 nitrogen and oxygen atoms in total. The number of nitrogens with zero attached hydrogens (tertiary/aromatic N) is 1. The first-order valence-electron chi connectivity index (χ1n) is 6.97. The molecule has 0 unspecified atom stereocenters. The van der Waals surface area contributed by atoms with Gasteiger partial charge in [0.25, 0.3) is 0 Å². The fourth-order valence-corrected chi connectivity index (χ4v) is 4.53. The topological polar surface area (TPSA) is 50.5 Å². The van der Waals surface area contributed by atoms with Gasteiger partial charge in [-0.2, -0.15) is 4.31 Å². The van der Waals surface area contributed by atoms with E-state index in [4.69, 9.17) is 4.42 Å². The lowest BCUT2D eigenvalue weighted by molar-refractivity contribution is 0.356. The van der Waals surface area contributed by atoms with Crippen LogP contribution in [0.2, 0.25) is 0 Å². The lowest BCUT2D eigenvalue weighted by Crippen LogP contribution is -2.31. The summed E-state index contributed by atoms with van der Waals surface area (Å²) in [5.41, 5.74) is 0. The van der Waals surface area contributed by atoms with Crippen LogP contribution in [0.15, 0.2) is 63.4 Å². The van der Waals surface area contributed by atoms with E-state index in [9.17, 15) is 17.2 Å². The van der Waals surface area contributed by atoms with E-state index in [1.165, 1.54) is 17.6 Å². The molecule has 0 amide bonds. The Bertz CT molecular complexity index is 850. The molecular weight excluding hydrogens is 356 g/mol. The molecule has 0 aliphatic rings. The second-order valence-electron chi connectivity index (χ2n) is 4.98. The zero-order valence-corrected chi connectivity index (χ0v) is 14.0. The average molecular weight is 369 g/mol. The Kier molecular flexibility index (Phi) is 4.79. The molecule has 24 heavy (non-hydrogen) atoms. The quantitative estimate of drug-likeness (QED) is 0.660. The van der Waals surface area contributed by atoms with Gasteiger partial charge in [-0.25, -0.2) is 17.2 Å². The summed E-state index contributed by atoms with van der Waals surface area (Å²) in [6.45, 7) is -0.129. The van der Waals surface area contributed by atoms with Crippen molar-refractivity contribution in [2.75, 3.05) is 0 Å². The van der Waals surface area contributed by atoms with Gasteiger partial charge < -0.3 is 4.42 Å². The van der Waals surface area contributed by atoms with Crippen LogP contribution in [0.25, 0.3) is 0 Å². The molecule has 0 fully saturated rings. The second kappa shape index (κ2) is 6.84. The molecule has 0 spiro atoms. The molecule has 3 aromatic rings. The van der Waals surface area contributed by atoms with Crippen molar-refractivity contribution in [2.24, 2.45) is 0 Å². The van der Waals surface area contributed by atoms with Gasteiger partial charge in [0.1, 0.15) is 17.4 Å². The van der Waals surface area contributed by atoms with Gasteiger partial charge in [-0.3, -0.25) is 0 Å². The lowest BCUT2D eigenvalue weighted by Gasteiger charge is -2.21. The van der Waals surface area contributed by atoms with Crippen LogP contribution in [0, 0.1) is 11.6 Å². The first kappa shape index (κ1) is 16.8. The number of thiophene rings is 1. The monoisotopic (exact) mass is 369 g/mol. The Morgan fingerprint density at radius 1 is 1.00 bits per heavy atom. The molecule has 8 heteroatoms. The standard InChI is InChI=1S/C16H13F2NO3S2/c17-14-6-1-7-15(18)16(14)24(20,21)19(10-12-4-2-8-22-12)11-13-5-3-9-23-13/h1-9H,10-11H2. The second-order valence-corrected chi connectivity index (χ2v) is 7.89. The molecule has 0 N–H and O–H groups in total. The average Bonchev–Trinajstić information content (AvgIpc) is 3.19. The number of hydrogen-bond acceptors (Lipinski definition) is 4. The van der Waals surface area contributed by atoms with E-state index < -0.39 is 26.6 Å². The molecule has 3 rings (SSSR count). The molecule has 0 atom stereocenters. The summed E-state index contributed by atoms with van der Waals surface area (Å²) in [4.78, 5) is -0.199. The van der Waals surface area contributed by atoms with Crippen LogP contribution in [-0.2, 0) is 23.1 Å². The van der Waals surface area contributed by atoms with Gasteiger partial charge in [-0.1, -0.05) is 12.1 Å². The van der Waals surface area contributed by atoms with E-state index in [0.29, 0.717) is 5.76 Å². The Balaban J connectivity index is 2.02. The van der Waals surface area contributed by atoms with Gasteiger partial charge >= 0.3 is 0 Å². The Morgan fingerprint density at radius 2 is 1.75 bits per heavy atom. The number of benzene rings is 1. The fraction of sp³-hybridized carbons (Fsp3) is 0.125. The van der Waals surface area contributed by atoms with Crippen molar-refractivity contribution in [3.8, 4) is 0 Å². The lowest BCUT2D eigenvalue weighted by atomic mass is 10.3. The van der Waals surface area contributed by atoms with Gasteiger partial charge in [-0.05, 0) is 35.7 Å². The van der Waals surface area contributed by atoms with Crippen molar-refractivity contribution in [1.82, 2.24) is 4.31 Å². The van der Waals surface area contributed by atoms with Crippen LogP contribution in [0.1, 0.15) is 10.6 Å². The third kappa shape index (κ3) is 3.40. The number of halogens is 2. The highest BCUT2D eigenvalue weighted by Crippen LogP contribution is 2.26. The molecule has 1 aromatic carbocycles. The highest BCUT2D eigenvalue weighted by atomic mass is 32.2. The molecule has 126 valence electrons. The summed E-state index contributed by atoms with van der Waals surface area (Å²) < 4.78 is 59.8. The fourth-order valence-electron chi connectivity index (χ4n) is 2.24. The van der Waals surface area contributed by atoms with Crippen molar-refractivity contribution in [3.63, 3.8) is 0 Å². The Hall–Kier alpha value is -2.03. The summed E-state index contributed by atoms with van der Waals surface area (Å²) in [7, 11) is -4.38. The van der Waals surface area contributed by atoms with E-state index in [0.717, 1.165) is 27.4 Å². The first-order chi connectivity index (χ1) is 11.5. The van der Waals surface area contributed by atoms with E-state index >= 15 is 0 Å². The molecule has 2 aromatic heterocycles. The largest absolute Gasteiger partial charge is 0.468 e. The molecule has 0 radical (unpaired) electrons. The minimum absolute atomic E-state index is 0.00548. The number of rotatable bonds is 6. The smallest absolute Gasteiger partial charge is 0.249 e. The van der Waals surface area contributed by atoms with E-state index in [-0.39, 0.29) is 13.1 Å². The van der Waals surface area contributed by atoms with E-state index in [2.05, 4.69) is 0 Å². The van der Waals surface area contributed by atoms with Gasteiger partial charge in [0.2, 0.25) is 10.0 Å². The third-order valence-electron chi connectivity index (χ3n) is 3.34. The molecule has 0 aliphatic heterocycles. The normalized spacial score (nSPS) is 12.0. The summed E-state index contributed by atoms with van der Waals surface area (Å²) in [5.74, 6) is -1.86. The van der Waals surface area contributed by atoms with Crippen LogP contribution in [-0.4, -0.2) is 12.7 Å². The van der Waals surface area contributed by atoms with Crippen LogP contribution >= 0.6 is 11.3 Å². The summed E-state index contributed by atoms with van der Waals surface area (Å²) >= 11 is 1.36. The van der Waals surface area contributed by atoms with Crippen molar-refractivity contribution >= 4 is 21.4 Å². The summed E-state index contributed by atoms with van der Waals surface area (Å²) in [6, 6.07) is 9.73. The minimum Gasteiger partial charge on any atom is -0.468 e. The van der Waals surface area contributed by atoms with E-state index in [1.807, 2.05) is 0 Å². The molecule has 0 saturated carbocycles. The first-order valence-corrected chi connectivity index (χ1v) is 9.29. The third-order valence-corrected chi connectivity index (χ3v) is 6.05. The number of furan rings is 1. The van der Waals surface area contributed by atoms with Crippen molar-refractivity contribution < 1.29 is 21.6 Å². The Morgan fingerprint density at radius 3 is 2.33 bits per heavy atom. The predicted octanol–water partition coefficient (Wildman–Crippen LogP) is 4.01. The number of hydrogen-bond donors (Lipinski definition) is 0. The van der Waals surface area contributed by atoms with Crippen molar-refractivity contribution in [3.05, 3.63) is 76.4 Å². The van der Waals surface area contributed by atoms with Crippen LogP contribution < -0.4 is 0 Å². The molecular formula is C16H13F2NO3S2. The molecule has 0 saturated heterocycles. The minimum atomic E-state index is -4.38. The van der Waals surface area contributed by atoms with Crippen molar-refractivity contribution in [1.29, 1.82) is 0 Å². The zero-order chi connectivity index (χ0) is 17.2. The maximum atomic E-state index is 14.0. The maximum absolute atomic E-state index is 14.0. The highest BCUT2D eigenvalue weighted by Gasteiger charge is 2.31.